The fraction of sp³-hybridized carbons (Fsp3) is 0.0164. The zero-order valence-electron chi connectivity index (χ0n) is 36.1. The van der Waals surface area contributed by atoms with Crippen LogP contribution in [0.5, 0.6) is 0 Å². The van der Waals surface area contributed by atoms with E-state index in [2.05, 4.69) is 0 Å². The third-order valence-electron chi connectivity index (χ3n) is 13.1. The number of alkyl halides is 3. The van der Waals surface area contributed by atoms with Crippen LogP contribution in [0.15, 0.2) is 224 Å². The highest BCUT2D eigenvalue weighted by Crippen LogP contribution is 2.48. The maximum atomic E-state index is 16.8. The average Bonchev–Trinajstić information content (AvgIpc) is 3.88. The first-order chi connectivity index (χ1) is 33.2. The van der Waals surface area contributed by atoms with E-state index in [1.165, 1.54) is 12.1 Å². The number of benzene rings is 10. The summed E-state index contributed by atoms with van der Waals surface area (Å²) in [7, 11) is 0. The minimum atomic E-state index is -4.96. The van der Waals surface area contributed by atoms with Gasteiger partial charge in [-0.2, -0.15) is 13.2 Å². The molecule has 0 aliphatic heterocycles. The first-order valence-electron chi connectivity index (χ1n) is 22.3. The molecule has 0 amide bonds. The van der Waals surface area contributed by atoms with E-state index < -0.39 is 23.4 Å². The summed E-state index contributed by atoms with van der Waals surface area (Å²) in [5.41, 5.74) is 7.95. The van der Waals surface area contributed by atoms with Crippen molar-refractivity contribution in [3.05, 3.63) is 242 Å². The molecule has 326 valence electrons. The van der Waals surface area contributed by atoms with Crippen molar-refractivity contribution in [3.8, 4) is 67.0 Å². The monoisotopic (exact) mass is 892 g/mol. The molecule has 0 fully saturated rings. The molecule has 2 nitrogen and oxygen atoms in total. The maximum Gasteiger partial charge on any atom is 0.420 e. The van der Waals surface area contributed by atoms with Gasteiger partial charge in [0.15, 0.2) is 0 Å². The molecule has 0 spiro atoms. The Balaban J connectivity index is 1.22. The van der Waals surface area contributed by atoms with Crippen molar-refractivity contribution in [2.24, 2.45) is 0 Å². The van der Waals surface area contributed by atoms with Gasteiger partial charge in [0, 0.05) is 27.1 Å². The molecule has 0 unspecified atom stereocenters. The Morgan fingerprint density at radius 2 is 0.618 bits per heavy atom. The second-order valence-electron chi connectivity index (χ2n) is 17.1. The lowest BCUT2D eigenvalue weighted by molar-refractivity contribution is -0.137. The summed E-state index contributed by atoms with van der Waals surface area (Å²) in [4.78, 5) is 0. The van der Waals surface area contributed by atoms with Gasteiger partial charge in [0.25, 0.3) is 0 Å². The summed E-state index contributed by atoms with van der Waals surface area (Å²) in [6.07, 6.45) is -4.96. The van der Waals surface area contributed by atoms with Crippen molar-refractivity contribution in [2.45, 2.75) is 6.18 Å². The van der Waals surface area contributed by atoms with Gasteiger partial charge in [-0.25, -0.2) is 8.78 Å². The number of halogens is 5. The standard InChI is InChI=1S/C61H37F5N2/c62-47-25-26-53(63)48(37-47)46-35-58(67-54-27-21-42(38-13-5-1-6-14-38)31-49(54)50-32-43(22-28-55(50)67)39-15-7-2-8-16-39)60(61(64,65)66)59(36-46)68-56-29-23-44(40-17-9-3-10-18-40)33-51(56)52-34-45(24-30-57(52)68)41-19-11-4-12-20-41/h1-37H. The molecule has 0 N–H and O–H groups in total. The van der Waals surface area contributed by atoms with Crippen molar-refractivity contribution in [3.63, 3.8) is 0 Å². The molecule has 0 saturated heterocycles. The highest BCUT2D eigenvalue weighted by Gasteiger charge is 2.40. The molecular formula is C61H37F5N2. The molecule has 0 radical (unpaired) electrons. The fourth-order valence-corrected chi connectivity index (χ4v) is 9.94. The second-order valence-corrected chi connectivity index (χ2v) is 17.1. The second kappa shape index (κ2) is 16.1. The van der Waals surface area contributed by atoms with E-state index in [-0.39, 0.29) is 22.5 Å². The van der Waals surface area contributed by atoms with E-state index in [4.69, 9.17) is 0 Å². The SMILES string of the molecule is Fc1ccc(F)c(-c2cc(-n3c4ccc(-c5ccccc5)cc4c4cc(-c5ccccc5)ccc43)c(C(F)(F)F)c(-n3c4ccc(-c5ccccc5)cc4c4cc(-c5ccccc5)ccc43)c2)c1. The Morgan fingerprint density at radius 3 is 0.926 bits per heavy atom. The zero-order valence-corrected chi connectivity index (χ0v) is 36.1. The molecule has 7 heteroatoms. The lowest BCUT2D eigenvalue weighted by Gasteiger charge is -2.23. The van der Waals surface area contributed by atoms with Gasteiger partial charge in [0.1, 0.15) is 17.2 Å². The maximum absolute atomic E-state index is 16.8. The Kier molecular flexibility index (Phi) is 9.69. The number of rotatable bonds is 7. The minimum absolute atomic E-state index is 0.0774. The predicted octanol–water partition coefficient (Wildman–Crippen LogP) is 17.5. The fourth-order valence-electron chi connectivity index (χ4n) is 9.94. The van der Waals surface area contributed by atoms with Gasteiger partial charge in [-0.1, -0.05) is 146 Å². The lowest BCUT2D eigenvalue weighted by Crippen LogP contribution is -2.16. The van der Waals surface area contributed by atoms with Crippen LogP contribution in [0.1, 0.15) is 5.56 Å². The van der Waals surface area contributed by atoms with E-state index in [0.717, 1.165) is 84.3 Å². The third-order valence-corrected chi connectivity index (χ3v) is 13.1. The molecule has 68 heavy (non-hydrogen) atoms. The summed E-state index contributed by atoms with van der Waals surface area (Å²) in [6, 6.07) is 68.2. The third kappa shape index (κ3) is 6.94. The van der Waals surface area contributed by atoms with Crippen molar-refractivity contribution in [2.75, 3.05) is 0 Å². The molecular weight excluding hydrogens is 856 g/mol. The smallest absolute Gasteiger partial charge is 0.309 e. The first-order valence-corrected chi connectivity index (χ1v) is 22.3. The summed E-state index contributed by atoms with van der Waals surface area (Å²) in [5, 5.41) is 2.93. The van der Waals surface area contributed by atoms with E-state index in [9.17, 15) is 0 Å². The topological polar surface area (TPSA) is 9.86 Å². The zero-order chi connectivity index (χ0) is 46.1. The minimum Gasteiger partial charge on any atom is -0.309 e. The Morgan fingerprint density at radius 1 is 0.294 bits per heavy atom. The normalized spacial score (nSPS) is 11.9. The highest BCUT2D eigenvalue weighted by atomic mass is 19.4. The van der Waals surface area contributed by atoms with Crippen molar-refractivity contribution in [1.29, 1.82) is 0 Å². The summed E-state index contributed by atoms with van der Waals surface area (Å²) >= 11 is 0. The predicted molar refractivity (Wildman–Crippen MR) is 267 cm³/mol. The molecule has 10 aromatic carbocycles. The Labute approximate surface area is 388 Å². The van der Waals surface area contributed by atoms with E-state index in [0.29, 0.717) is 22.1 Å². The molecule has 12 rings (SSSR count). The Bertz CT molecular complexity index is 3480. The molecule has 2 heterocycles. The highest BCUT2D eigenvalue weighted by molar-refractivity contribution is 6.13. The van der Waals surface area contributed by atoms with E-state index >= 15 is 22.0 Å². The largest absolute Gasteiger partial charge is 0.420 e. The molecule has 0 bridgehead atoms. The lowest BCUT2D eigenvalue weighted by atomic mass is 9.98. The van der Waals surface area contributed by atoms with Gasteiger partial charge < -0.3 is 9.13 Å². The number of hydrogen-bond acceptors (Lipinski definition) is 0. The van der Waals surface area contributed by atoms with Crippen LogP contribution < -0.4 is 0 Å². The quantitative estimate of drug-likeness (QED) is 0.141. The van der Waals surface area contributed by atoms with Gasteiger partial charge in [0.2, 0.25) is 0 Å². The van der Waals surface area contributed by atoms with Crippen LogP contribution in [0.25, 0.3) is 111 Å². The molecule has 0 atom stereocenters. The first kappa shape index (κ1) is 40.9. The Hall–Kier alpha value is -8.55. The van der Waals surface area contributed by atoms with Crippen LogP contribution >= 0.6 is 0 Å². The summed E-state index contributed by atoms with van der Waals surface area (Å²) in [6.45, 7) is 0. The van der Waals surface area contributed by atoms with Crippen molar-refractivity contribution < 1.29 is 22.0 Å². The number of fused-ring (bicyclic) bond motifs is 6. The van der Waals surface area contributed by atoms with Gasteiger partial charge in [-0.05, 0) is 129 Å². The van der Waals surface area contributed by atoms with Crippen LogP contribution in [0.2, 0.25) is 0 Å². The van der Waals surface area contributed by atoms with E-state index in [1.807, 2.05) is 194 Å². The van der Waals surface area contributed by atoms with Crippen LogP contribution in [0.4, 0.5) is 22.0 Å². The molecule has 0 aliphatic rings. The van der Waals surface area contributed by atoms with Crippen molar-refractivity contribution >= 4 is 43.6 Å². The molecule has 0 saturated carbocycles. The molecule has 12 aromatic rings. The van der Waals surface area contributed by atoms with Gasteiger partial charge >= 0.3 is 6.18 Å². The van der Waals surface area contributed by atoms with Crippen LogP contribution in [-0.2, 0) is 6.18 Å². The number of aromatic nitrogens is 2. The number of nitrogens with zero attached hydrogens (tertiary/aromatic N) is 2. The van der Waals surface area contributed by atoms with Crippen LogP contribution in [0, 0.1) is 11.6 Å². The van der Waals surface area contributed by atoms with Crippen LogP contribution in [-0.4, -0.2) is 9.13 Å². The van der Waals surface area contributed by atoms with Crippen molar-refractivity contribution in [1.82, 2.24) is 9.13 Å². The van der Waals surface area contributed by atoms with Crippen LogP contribution in [0.3, 0.4) is 0 Å². The number of hydrogen-bond donors (Lipinski definition) is 0. The van der Waals surface area contributed by atoms with Gasteiger partial charge in [-0.15, -0.1) is 0 Å². The summed E-state index contributed by atoms with van der Waals surface area (Å²) < 4.78 is 84.9. The summed E-state index contributed by atoms with van der Waals surface area (Å²) in [5.74, 6) is -1.49. The molecule has 2 aromatic heterocycles. The van der Waals surface area contributed by atoms with Gasteiger partial charge in [-0.3, -0.25) is 0 Å². The van der Waals surface area contributed by atoms with E-state index in [1.54, 1.807) is 9.13 Å². The van der Waals surface area contributed by atoms with Gasteiger partial charge in [0.05, 0.1) is 33.4 Å². The molecule has 0 aliphatic carbocycles. The average molecular weight is 893 g/mol.